The molecule has 3 rings (SSSR count). The van der Waals surface area contributed by atoms with Crippen LogP contribution in [0.4, 0.5) is 0 Å². The fourth-order valence-corrected chi connectivity index (χ4v) is 2.16. The molecular weight excluding hydrogens is 208 g/mol. The Morgan fingerprint density at radius 1 is 1.06 bits per heavy atom. The minimum atomic E-state index is 0.972. The van der Waals surface area contributed by atoms with E-state index in [0.717, 1.165) is 13.1 Å². The highest BCUT2D eigenvalue weighted by molar-refractivity contribution is 5.63. The SMILES string of the molecule is CC.CN1C=CN(C2=Cc3ccccc3C2)C1. The predicted octanol–water partition coefficient (Wildman–Crippen LogP) is 3.29. The molecule has 1 aliphatic heterocycles. The first-order valence-corrected chi connectivity index (χ1v) is 6.26. The van der Waals surface area contributed by atoms with Crippen molar-refractivity contribution in [1.82, 2.24) is 9.80 Å². The molecule has 0 bridgehead atoms. The lowest BCUT2D eigenvalue weighted by Crippen LogP contribution is -2.21. The van der Waals surface area contributed by atoms with Gasteiger partial charge in [0.05, 0.1) is 6.67 Å². The van der Waals surface area contributed by atoms with Crippen LogP contribution in [0.15, 0.2) is 42.4 Å². The molecule has 0 radical (unpaired) electrons. The molecule has 0 fully saturated rings. The lowest BCUT2D eigenvalue weighted by Gasteiger charge is -2.19. The maximum atomic E-state index is 2.31. The first kappa shape index (κ1) is 11.8. The van der Waals surface area contributed by atoms with Gasteiger partial charge in [0.25, 0.3) is 0 Å². The highest BCUT2D eigenvalue weighted by Gasteiger charge is 2.18. The molecule has 1 aromatic carbocycles. The molecule has 17 heavy (non-hydrogen) atoms. The van der Waals surface area contributed by atoms with Crippen LogP contribution in [0.25, 0.3) is 6.08 Å². The molecular formula is C15H20N2. The van der Waals surface area contributed by atoms with E-state index in [1.807, 2.05) is 13.8 Å². The maximum absolute atomic E-state index is 2.31. The van der Waals surface area contributed by atoms with E-state index in [9.17, 15) is 0 Å². The summed E-state index contributed by atoms with van der Waals surface area (Å²) in [5.74, 6) is 0. The molecule has 1 heterocycles. The van der Waals surface area contributed by atoms with Crippen molar-refractivity contribution in [1.29, 1.82) is 0 Å². The largest absolute Gasteiger partial charge is 0.361 e. The smallest absolute Gasteiger partial charge is 0.0935 e. The van der Waals surface area contributed by atoms with Gasteiger partial charge >= 0.3 is 0 Å². The Morgan fingerprint density at radius 2 is 1.82 bits per heavy atom. The monoisotopic (exact) mass is 228 g/mol. The molecule has 0 saturated carbocycles. The van der Waals surface area contributed by atoms with Crippen LogP contribution >= 0.6 is 0 Å². The number of rotatable bonds is 1. The fourth-order valence-electron chi connectivity index (χ4n) is 2.16. The minimum absolute atomic E-state index is 0.972. The van der Waals surface area contributed by atoms with Crippen LogP contribution < -0.4 is 0 Å². The van der Waals surface area contributed by atoms with Gasteiger partial charge in [0.15, 0.2) is 0 Å². The van der Waals surface area contributed by atoms with E-state index in [0.29, 0.717) is 0 Å². The zero-order chi connectivity index (χ0) is 12.3. The third-order valence-corrected chi connectivity index (χ3v) is 2.99. The highest BCUT2D eigenvalue weighted by atomic mass is 15.3. The molecule has 1 aliphatic carbocycles. The Balaban J connectivity index is 0.000000514. The zero-order valence-electron chi connectivity index (χ0n) is 10.9. The van der Waals surface area contributed by atoms with E-state index in [1.54, 1.807) is 0 Å². The van der Waals surface area contributed by atoms with Crippen LogP contribution in [-0.2, 0) is 6.42 Å². The summed E-state index contributed by atoms with van der Waals surface area (Å²) in [5, 5.41) is 0. The van der Waals surface area contributed by atoms with E-state index in [4.69, 9.17) is 0 Å². The quantitative estimate of drug-likeness (QED) is 0.727. The summed E-state index contributed by atoms with van der Waals surface area (Å²) < 4.78 is 0. The second-order valence-corrected chi connectivity index (χ2v) is 4.18. The van der Waals surface area contributed by atoms with E-state index in [-0.39, 0.29) is 0 Å². The summed E-state index contributed by atoms with van der Waals surface area (Å²) >= 11 is 0. The van der Waals surface area contributed by atoms with Crippen LogP contribution in [0.2, 0.25) is 0 Å². The van der Waals surface area contributed by atoms with Gasteiger partial charge in [0.2, 0.25) is 0 Å². The van der Waals surface area contributed by atoms with Crippen molar-refractivity contribution in [3.05, 3.63) is 53.5 Å². The fraction of sp³-hybridized carbons (Fsp3) is 0.333. The average Bonchev–Trinajstić information content (AvgIpc) is 2.97. The third-order valence-electron chi connectivity index (χ3n) is 2.99. The topological polar surface area (TPSA) is 6.48 Å². The van der Waals surface area contributed by atoms with Crippen molar-refractivity contribution >= 4 is 6.08 Å². The highest BCUT2D eigenvalue weighted by Crippen LogP contribution is 2.28. The van der Waals surface area contributed by atoms with Gasteiger partial charge in [-0.2, -0.15) is 0 Å². The van der Waals surface area contributed by atoms with Gasteiger partial charge in [-0.1, -0.05) is 38.1 Å². The van der Waals surface area contributed by atoms with Crippen LogP contribution in [-0.4, -0.2) is 23.5 Å². The van der Waals surface area contributed by atoms with Gasteiger partial charge in [0.1, 0.15) is 0 Å². The third kappa shape index (κ3) is 2.36. The van der Waals surface area contributed by atoms with Crippen LogP contribution in [0, 0.1) is 0 Å². The molecule has 0 saturated heterocycles. The van der Waals surface area contributed by atoms with Crippen molar-refractivity contribution in [2.24, 2.45) is 0 Å². The summed E-state index contributed by atoms with van der Waals surface area (Å²) in [5.41, 5.74) is 4.21. The van der Waals surface area contributed by atoms with Gasteiger partial charge in [-0.05, 0) is 17.2 Å². The van der Waals surface area contributed by atoms with E-state index >= 15 is 0 Å². The van der Waals surface area contributed by atoms with E-state index in [1.165, 1.54) is 16.8 Å². The van der Waals surface area contributed by atoms with Crippen molar-refractivity contribution < 1.29 is 0 Å². The van der Waals surface area contributed by atoms with Crippen LogP contribution in [0.1, 0.15) is 25.0 Å². The summed E-state index contributed by atoms with van der Waals surface area (Å²) in [6, 6.07) is 8.61. The van der Waals surface area contributed by atoms with Gasteiger partial charge in [0, 0.05) is 31.6 Å². The Morgan fingerprint density at radius 3 is 2.47 bits per heavy atom. The summed E-state index contributed by atoms with van der Waals surface area (Å²) in [7, 11) is 2.10. The number of benzene rings is 1. The molecule has 0 amide bonds. The van der Waals surface area contributed by atoms with Crippen LogP contribution in [0.3, 0.4) is 0 Å². The predicted molar refractivity (Wildman–Crippen MR) is 73.1 cm³/mol. The Labute approximate surface area is 104 Å². The van der Waals surface area contributed by atoms with Gasteiger partial charge in [-0.15, -0.1) is 0 Å². The lowest BCUT2D eigenvalue weighted by molar-refractivity contribution is 0.344. The minimum Gasteiger partial charge on any atom is -0.361 e. The van der Waals surface area contributed by atoms with Crippen molar-refractivity contribution in [2.75, 3.05) is 13.7 Å². The zero-order valence-corrected chi connectivity index (χ0v) is 10.9. The molecule has 0 aromatic heterocycles. The molecule has 0 N–H and O–H groups in total. The molecule has 90 valence electrons. The molecule has 0 atom stereocenters. The van der Waals surface area contributed by atoms with Gasteiger partial charge in [-0.25, -0.2) is 0 Å². The second-order valence-electron chi connectivity index (χ2n) is 4.18. The standard InChI is InChI=1S/C13H14N2.C2H6/c1-14-6-7-15(10-14)13-8-11-4-2-3-5-12(11)9-13;1-2/h2-8H,9-10H2,1H3;1-2H3. The molecule has 2 nitrogen and oxygen atoms in total. The number of nitrogens with zero attached hydrogens (tertiary/aromatic N) is 2. The Hall–Kier alpha value is -1.70. The van der Waals surface area contributed by atoms with E-state index < -0.39 is 0 Å². The average molecular weight is 228 g/mol. The van der Waals surface area contributed by atoms with Gasteiger partial charge in [-0.3, -0.25) is 0 Å². The molecule has 0 unspecified atom stereocenters. The van der Waals surface area contributed by atoms with Crippen molar-refractivity contribution in [3.63, 3.8) is 0 Å². The molecule has 1 aromatic rings. The van der Waals surface area contributed by atoms with Crippen molar-refractivity contribution in [2.45, 2.75) is 20.3 Å². The number of fused-ring (bicyclic) bond motifs is 1. The summed E-state index contributed by atoms with van der Waals surface area (Å²) in [6.45, 7) is 4.97. The Bertz CT molecular complexity index is 446. The van der Waals surface area contributed by atoms with Crippen molar-refractivity contribution in [3.8, 4) is 0 Å². The first-order valence-electron chi connectivity index (χ1n) is 6.26. The van der Waals surface area contributed by atoms with Gasteiger partial charge < -0.3 is 9.80 Å². The number of hydrogen-bond donors (Lipinski definition) is 0. The molecule has 2 heteroatoms. The normalized spacial score (nSPS) is 16.5. The summed E-state index contributed by atoms with van der Waals surface area (Å²) in [4.78, 5) is 4.49. The van der Waals surface area contributed by atoms with Crippen LogP contribution in [0.5, 0.6) is 0 Å². The second kappa shape index (κ2) is 5.09. The number of hydrogen-bond acceptors (Lipinski definition) is 2. The lowest BCUT2D eigenvalue weighted by atomic mass is 10.1. The van der Waals surface area contributed by atoms with E-state index in [2.05, 4.69) is 59.6 Å². The Kier molecular flexibility index (Phi) is 3.52. The molecule has 2 aliphatic rings. The first-order chi connectivity index (χ1) is 8.33. The number of allylic oxidation sites excluding steroid dienone is 1. The summed E-state index contributed by atoms with van der Waals surface area (Å²) in [6.07, 6.45) is 7.62. The maximum Gasteiger partial charge on any atom is 0.0935 e. The molecule has 0 spiro atoms.